The van der Waals surface area contributed by atoms with Crippen LogP contribution in [0.5, 0.6) is 0 Å². The standard InChI is InChI=1S/C16H22N2O2/c1-4-20-16(19)13-7-5-12(6-8-13)15-14(17)10(2)9-11(3)18-15/h5,9,13H,4,6-8,17H2,1-3H3. The summed E-state index contributed by atoms with van der Waals surface area (Å²) in [5, 5.41) is 0. The zero-order valence-corrected chi connectivity index (χ0v) is 12.4. The second-order valence-electron chi connectivity index (χ2n) is 5.30. The first-order valence-electron chi connectivity index (χ1n) is 7.12. The van der Waals surface area contributed by atoms with Crippen molar-refractivity contribution in [1.29, 1.82) is 0 Å². The molecule has 4 nitrogen and oxygen atoms in total. The first kappa shape index (κ1) is 14.6. The van der Waals surface area contributed by atoms with Crippen LogP contribution in [0.3, 0.4) is 0 Å². The Labute approximate surface area is 120 Å². The van der Waals surface area contributed by atoms with Gasteiger partial charge in [0.1, 0.15) is 0 Å². The molecule has 0 aromatic carbocycles. The summed E-state index contributed by atoms with van der Waals surface area (Å²) in [5.41, 5.74) is 10.9. The van der Waals surface area contributed by atoms with E-state index in [9.17, 15) is 4.79 Å². The minimum atomic E-state index is -0.0934. The van der Waals surface area contributed by atoms with Crippen LogP contribution in [0.2, 0.25) is 0 Å². The third-order valence-electron chi connectivity index (χ3n) is 3.73. The number of rotatable bonds is 3. The molecule has 108 valence electrons. The Morgan fingerprint density at radius 1 is 1.50 bits per heavy atom. The number of aromatic nitrogens is 1. The van der Waals surface area contributed by atoms with E-state index >= 15 is 0 Å². The third-order valence-corrected chi connectivity index (χ3v) is 3.73. The summed E-state index contributed by atoms with van der Waals surface area (Å²) in [5.74, 6) is -0.116. The monoisotopic (exact) mass is 274 g/mol. The lowest BCUT2D eigenvalue weighted by Crippen LogP contribution is -2.20. The zero-order valence-electron chi connectivity index (χ0n) is 12.4. The number of pyridine rings is 1. The average Bonchev–Trinajstić information content (AvgIpc) is 2.43. The molecule has 1 atom stereocenters. The lowest BCUT2D eigenvalue weighted by Gasteiger charge is -2.21. The van der Waals surface area contributed by atoms with Crippen molar-refractivity contribution in [3.63, 3.8) is 0 Å². The molecule has 2 rings (SSSR count). The molecule has 1 aromatic heterocycles. The maximum Gasteiger partial charge on any atom is 0.309 e. The Morgan fingerprint density at radius 3 is 2.85 bits per heavy atom. The maximum absolute atomic E-state index is 11.7. The van der Waals surface area contributed by atoms with Gasteiger partial charge in [0.25, 0.3) is 0 Å². The molecule has 20 heavy (non-hydrogen) atoms. The number of carbonyl (C=O) groups excluding carboxylic acids is 1. The number of nitrogens with two attached hydrogens (primary N) is 1. The summed E-state index contributed by atoms with van der Waals surface area (Å²) in [4.78, 5) is 16.3. The van der Waals surface area contributed by atoms with Crippen molar-refractivity contribution in [3.05, 3.63) is 29.1 Å². The Morgan fingerprint density at radius 2 is 2.25 bits per heavy atom. The fourth-order valence-corrected chi connectivity index (χ4v) is 2.61. The Bertz CT molecular complexity index is 550. The van der Waals surface area contributed by atoms with E-state index < -0.39 is 0 Å². The lowest BCUT2D eigenvalue weighted by molar-refractivity contribution is -0.148. The molecule has 1 heterocycles. The minimum absolute atomic E-state index is 0.0224. The highest BCUT2D eigenvalue weighted by atomic mass is 16.5. The summed E-state index contributed by atoms with van der Waals surface area (Å²) in [7, 11) is 0. The first-order chi connectivity index (χ1) is 9.52. The molecule has 0 aliphatic heterocycles. The highest BCUT2D eigenvalue weighted by Crippen LogP contribution is 2.33. The number of esters is 1. The van der Waals surface area contributed by atoms with Crippen LogP contribution in [0.4, 0.5) is 5.69 Å². The van der Waals surface area contributed by atoms with E-state index in [1.54, 1.807) is 0 Å². The van der Waals surface area contributed by atoms with Crippen LogP contribution in [0.15, 0.2) is 12.1 Å². The van der Waals surface area contributed by atoms with Crippen LogP contribution >= 0.6 is 0 Å². The number of hydrogen-bond donors (Lipinski definition) is 1. The fraction of sp³-hybridized carbons (Fsp3) is 0.500. The van der Waals surface area contributed by atoms with Gasteiger partial charge in [0.05, 0.1) is 23.9 Å². The molecule has 0 saturated heterocycles. The number of hydrogen-bond acceptors (Lipinski definition) is 4. The van der Waals surface area contributed by atoms with E-state index in [2.05, 4.69) is 11.1 Å². The molecular formula is C16H22N2O2. The fourth-order valence-electron chi connectivity index (χ4n) is 2.61. The Balaban J connectivity index is 2.19. The maximum atomic E-state index is 11.7. The van der Waals surface area contributed by atoms with Crippen molar-refractivity contribution in [1.82, 2.24) is 4.98 Å². The summed E-state index contributed by atoms with van der Waals surface area (Å²) >= 11 is 0. The van der Waals surface area contributed by atoms with Gasteiger partial charge in [0.2, 0.25) is 0 Å². The van der Waals surface area contributed by atoms with Gasteiger partial charge < -0.3 is 10.5 Å². The summed E-state index contributed by atoms with van der Waals surface area (Å²) in [6.07, 6.45) is 4.42. The average molecular weight is 274 g/mol. The molecule has 0 amide bonds. The number of anilines is 1. The lowest BCUT2D eigenvalue weighted by atomic mass is 9.87. The Hall–Kier alpha value is -1.84. The predicted octanol–water partition coefficient (Wildman–Crippen LogP) is 3.03. The van der Waals surface area contributed by atoms with Gasteiger partial charge in [-0.25, -0.2) is 0 Å². The number of carbonyl (C=O) groups is 1. The van der Waals surface area contributed by atoms with E-state index in [1.165, 1.54) is 0 Å². The second-order valence-corrected chi connectivity index (χ2v) is 5.30. The van der Waals surface area contributed by atoms with Gasteiger partial charge in [-0.2, -0.15) is 0 Å². The molecule has 1 aliphatic carbocycles. The largest absolute Gasteiger partial charge is 0.466 e. The summed E-state index contributed by atoms with van der Waals surface area (Å²) in [6, 6.07) is 1.99. The van der Waals surface area contributed by atoms with E-state index in [0.717, 1.165) is 41.1 Å². The van der Waals surface area contributed by atoms with Crippen LogP contribution in [0, 0.1) is 19.8 Å². The number of aryl methyl sites for hydroxylation is 2. The van der Waals surface area contributed by atoms with Crippen molar-refractivity contribution in [3.8, 4) is 0 Å². The van der Waals surface area contributed by atoms with Crippen LogP contribution in [-0.4, -0.2) is 17.6 Å². The molecule has 0 bridgehead atoms. The third kappa shape index (κ3) is 3.00. The van der Waals surface area contributed by atoms with Gasteiger partial charge in [-0.15, -0.1) is 0 Å². The van der Waals surface area contributed by atoms with Crippen molar-refractivity contribution >= 4 is 17.2 Å². The van der Waals surface area contributed by atoms with E-state index in [0.29, 0.717) is 13.0 Å². The van der Waals surface area contributed by atoms with Gasteiger partial charge in [-0.1, -0.05) is 6.08 Å². The van der Waals surface area contributed by atoms with Gasteiger partial charge in [-0.3, -0.25) is 9.78 Å². The van der Waals surface area contributed by atoms with E-state index in [4.69, 9.17) is 10.5 Å². The number of ether oxygens (including phenoxy) is 1. The number of nitrogens with zero attached hydrogens (tertiary/aromatic N) is 1. The highest BCUT2D eigenvalue weighted by molar-refractivity contribution is 5.78. The molecule has 4 heteroatoms. The van der Waals surface area contributed by atoms with E-state index in [1.807, 2.05) is 26.8 Å². The molecule has 2 N–H and O–H groups in total. The SMILES string of the molecule is CCOC(=O)C1CC=C(c2nc(C)cc(C)c2N)CC1. The molecule has 1 unspecified atom stereocenters. The van der Waals surface area contributed by atoms with Gasteiger partial charge in [0, 0.05) is 5.69 Å². The second kappa shape index (κ2) is 6.07. The van der Waals surface area contributed by atoms with Crippen molar-refractivity contribution in [2.24, 2.45) is 5.92 Å². The number of nitrogen functional groups attached to an aromatic ring is 1. The highest BCUT2D eigenvalue weighted by Gasteiger charge is 2.24. The molecule has 0 fully saturated rings. The summed E-state index contributed by atoms with van der Waals surface area (Å²) in [6.45, 7) is 6.25. The van der Waals surface area contributed by atoms with Gasteiger partial charge >= 0.3 is 5.97 Å². The van der Waals surface area contributed by atoms with Gasteiger partial charge in [-0.05, 0) is 57.2 Å². The number of allylic oxidation sites excluding steroid dienone is 2. The van der Waals surface area contributed by atoms with Crippen molar-refractivity contribution < 1.29 is 9.53 Å². The van der Waals surface area contributed by atoms with Crippen LogP contribution < -0.4 is 5.73 Å². The van der Waals surface area contributed by atoms with E-state index in [-0.39, 0.29) is 11.9 Å². The van der Waals surface area contributed by atoms with Crippen LogP contribution in [0.25, 0.3) is 5.57 Å². The predicted molar refractivity (Wildman–Crippen MR) is 80.1 cm³/mol. The molecule has 1 aromatic rings. The molecule has 0 saturated carbocycles. The first-order valence-corrected chi connectivity index (χ1v) is 7.12. The smallest absolute Gasteiger partial charge is 0.309 e. The molecule has 1 aliphatic rings. The minimum Gasteiger partial charge on any atom is -0.466 e. The molecule has 0 radical (unpaired) electrons. The molecular weight excluding hydrogens is 252 g/mol. The Kier molecular flexibility index (Phi) is 4.42. The van der Waals surface area contributed by atoms with Crippen LogP contribution in [0.1, 0.15) is 43.1 Å². The topological polar surface area (TPSA) is 65.2 Å². The molecule has 0 spiro atoms. The van der Waals surface area contributed by atoms with Crippen molar-refractivity contribution in [2.45, 2.75) is 40.0 Å². The quantitative estimate of drug-likeness (QED) is 0.860. The normalized spacial score (nSPS) is 18.6. The van der Waals surface area contributed by atoms with Crippen LogP contribution in [-0.2, 0) is 9.53 Å². The summed E-state index contributed by atoms with van der Waals surface area (Å²) < 4.78 is 5.08. The van der Waals surface area contributed by atoms with Gasteiger partial charge in [0.15, 0.2) is 0 Å². The zero-order chi connectivity index (χ0) is 14.7. The van der Waals surface area contributed by atoms with Crippen molar-refractivity contribution in [2.75, 3.05) is 12.3 Å².